The van der Waals surface area contributed by atoms with Crippen molar-refractivity contribution in [3.63, 3.8) is 0 Å². The van der Waals surface area contributed by atoms with Gasteiger partial charge in [0.15, 0.2) is 5.11 Å². The van der Waals surface area contributed by atoms with Crippen LogP contribution in [0.1, 0.15) is 25.3 Å². The third-order valence-corrected chi connectivity index (χ3v) is 4.28. The predicted octanol–water partition coefficient (Wildman–Crippen LogP) is 4.51. The number of hydrogen-bond acceptors (Lipinski definition) is 5. The smallest absolute Gasteiger partial charge is 0.269 e. The summed E-state index contributed by atoms with van der Waals surface area (Å²) < 4.78 is 0. The van der Waals surface area contributed by atoms with E-state index in [9.17, 15) is 19.7 Å². The van der Waals surface area contributed by atoms with Crippen LogP contribution in [0.5, 0.6) is 0 Å². The molecule has 0 aliphatic carbocycles. The van der Waals surface area contributed by atoms with Crippen molar-refractivity contribution in [1.82, 2.24) is 5.32 Å². The summed E-state index contributed by atoms with van der Waals surface area (Å²) in [5.74, 6) is -0.604. The van der Waals surface area contributed by atoms with E-state index < -0.39 is 10.8 Å². The maximum Gasteiger partial charge on any atom is 0.269 e. The van der Waals surface area contributed by atoms with Gasteiger partial charge < -0.3 is 10.6 Å². The molecular weight excluding hydrogens is 428 g/mol. The number of carbonyl (C=O) groups is 2. The van der Waals surface area contributed by atoms with Crippen LogP contribution in [-0.4, -0.2) is 21.9 Å². The molecule has 0 aliphatic rings. The molecular formula is C20H19ClN4O4S. The Balaban J connectivity index is 1.95. The van der Waals surface area contributed by atoms with E-state index in [1.165, 1.54) is 36.4 Å². The lowest BCUT2D eigenvalue weighted by molar-refractivity contribution is -0.384. The molecule has 10 heteroatoms. The van der Waals surface area contributed by atoms with E-state index in [1.54, 1.807) is 18.2 Å². The van der Waals surface area contributed by atoms with Gasteiger partial charge in [-0.05, 0) is 60.6 Å². The number of non-ortho nitro benzene ring substituents is 1. The second-order valence-electron chi connectivity index (χ2n) is 6.12. The molecule has 0 saturated heterocycles. The van der Waals surface area contributed by atoms with Crippen LogP contribution in [0.4, 0.5) is 17.1 Å². The predicted molar refractivity (Wildman–Crippen MR) is 121 cm³/mol. The second kappa shape index (κ2) is 11.0. The zero-order valence-electron chi connectivity index (χ0n) is 16.0. The molecule has 0 spiro atoms. The van der Waals surface area contributed by atoms with Crippen molar-refractivity contribution >= 4 is 63.9 Å². The van der Waals surface area contributed by atoms with Gasteiger partial charge >= 0.3 is 0 Å². The molecule has 0 bridgehead atoms. The van der Waals surface area contributed by atoms with Crippen molar-refractivity contribution in [2.24, 2.45) is 0 Å². The Bertz CT molecular complexity index is 993. The minimum Gasteiger partial charge on any atom is -0.331 e. The Morgan fingerprint density at radius 3 is 2.50 bits per heavy atom. The summed E-state index contributed by atoms with van der Waals surface area (Å²) in [6, 6.07) is 10.6. The van der Waals surface area contributed by atoms with E-state index >= 15 is 0 Å². The van der Waals surface area contributed by atoms with Crippen LogP contribution in [0.25, 0.3) is 6.08 Å². The molecule has 0 unspecified atom stereocenters. The van der Waals surface area contributed by atoms with Gasteiger partial charge in [-0.2, -0.15) is 0 Å². The fraction of sp³-hybridized carbons (Fsp3) is 0.150. The van der Waals surface area contributed by atoms with Crippen molar-refractivity contribution in [3.8, 4) is 0 Å². The van der Waals surface area contributed by atoms with E-state index in [4.69, 9.17) is 23.8 Å². The van der Waals surface area contributed by atoms with Crippen molar-refractivity contribution < 1.29 is 14.5 Å². The first-order chi connectivity index (χ1) is 14.3. The fourth-order valence-electron chi connectivity index (χ4n) is 2.34. The van der Waals surface area contributed by atoms with Crippen LogP contribution in [0.3, 0.4) is 0 Å². The number of rotatable bonds is 7. The minimum absolute atomic E-state index is 0.0206. The normalized spacial score (nSPS) is 10.5. The number of halogens is 1. The zero-order chi connectivity index (χ0) is 22.1. The maximum atomic E-state index is 12.0. The Morgan fingerprint density at radius 1 is 1.17 bits per heavy atom. The van der Waals surface area contributed by atoms with Gasteiger partial charge in [0, 0.05) is 30.3 Å². The first kappa shape index (κ1) is 23.0. The number of nitro benzene ring substituents is 1. The highest BCUT2D eigenvalue weighted by Gasteiger charge is 2.08. The standard InChI is InChI=1S/C20H19ClN4O4S/c1-2-3-18(26)22-14-7-10-16(21)17(12-14)23-20(30)24-19(27)11-6-13-4-8-15(9-5-13)25(28)29/h4-12H,2-3H2,1H3,(H,22,26)(H2,23,24,27,30)/b11-6+. The molecule has 0 fully saturated rings. The highest BCUT2D eigenvalue weighted by Crippen LogP contribution is 2.25. The lowest BCUT2D eigenvalue weighted by Crippen LogP contribution is -2.32. The Labute approximate surface area is 183 Å². The van der Waals surface area contributed by atoms with Gasteiger partial charge in [0.05, 0.1) is 15.6 Å². The third-order valence-electron chi connectivity index (χ3n) is 3.74. The molecule has 3 N–H and O–H groups in total. The summed E-state index contributed by atoms with van der Waals surface area (Å²) in [6.45, 7) is 1.91. The lowest BCUT2D eigenvalue weighted by atomic mass is 10.2. The van der Waals surface area contributed by atoms with Crippen molar-refractivity contribution in [2.45, 2.75) is 19.8 Å². The average molecular weight is 447 g/mol. The molecule has 0 heterocycles. The van der Waals surface area contributed by atoms with E-state index in [2.05, 4.69) is 16.0 Å². The monoisotopic (exact) mass is 446 g/mol. The summed E-state index contributed by atoms with van der Waals surface area (Å²) in [7, 11) is 0. The molecule has 2 rings (SSSR count). The van der Waals surface area contributed by atoms with E-state index in [0.29, 0.717) is 28.4 Å². The van der Waals surface area contributed by atoms with E-state index in [0.717, 1.165) is 6.42 Å². The molecule has 0 aromatic heterocycles. The molecule has 30 heavy (non-hydrogen) atoms. The SMILES string of the molecule is CCCC(=O)Nc1ccc(Cl)c(NC(=S)NC(=O)/C=C/c2ccc([N+](=O)[O-])cc2)c1. The zero-order valence-corrected chi connectivity index (χ0v) is 17.5. The van der Waals surface area contributed by atoms with Gasteiger partial charge in [0.2, 0.25) is 11.8 Å². The van der Waals surface area contributed by atoms with Crippen molar-refractivity contribution in [1.29, 1.82) is 0 Å². The quantitative estimate of drug-likeness (QED) is 0.249. The Kier molecular flexibility index (Phi) is 8.45. The van der Waals surface area contributed by atoms with Crippen LogP contribution in [-0.2, 0) is 9.59 Å². The van der Waals surface area contributed by atoms with Crippen LogP contribution in [0.2, 0.25) is 5.02 Å². The van der Waals surface area contributed by atoms with Crippen LogP contribution >= 0.6 is 23.8 Å². The number of nitro groups is 1. The summed E-state index contributed by atoms with van der Waals surface area (Å²) in [5, 5.41) is 19.1. The molecule has 156 valence electrons. The molecule has 2 aromatic rings. The number of hydrogen-bond donors (Lipinski definition) is 3. The van der Waals surface area contributed by atoms with Gasteiger partial charge in [0.1, 0.15) is 0 Å². The van der Waals surface area contributed by atoms with Gasteiger partial charge in [-0.1, -0.05) is 18.5 Å². The van der Waals surface area contributed by atoms with Crippen LogP contribution in [0, 0.1) is 10.1 Å². The summed E-state index contributed by atoms with van der Waals surface area (Å²) in [4.78, 5) is 33.9. The number of carbonyl (C=O) groups excluding carboxylic acids is 2. The first-order valence-corrected chi connectivity index (χ1v) is 9.71. The van der Waals surface area contributed by atoms with Gasteiger partial charge in [0.25, 0.3) is 5.69 Å². The highest BCUT2D eigenvalue weighted by molar-refractivity contribution is 7.80. The minimum atomic E-state index is -0.500. The highest BCUT2D eigenvalue weighted by atomic mass is 35.5. The number of nitrogens with one attached hydrogen (secondary N) is 3. The molecule has 0 radical (unpaired) electrons. The maximum absolute atomic E-state index is 12.0. The summed E-state index contributed by atoms with van der Waals surface area (Å²) in [6.07, 6.45) is 3.88. The fourth-order valence-corrected chi connectivity index (χ4v) is 2.71. The third kappa shape index (κ3) is 7.26. The molecule has 8 nitrogen and oxygen atoms in total. The largest absolute Gasteiger partial charge is 0.331 e. The van der Waals surface area contributed by atoms with E-state index in [1.807, 2.05) is 6.92 Å². The lowest BCUT2D eigenvalue weighted by Gasteiger charge is -2.12. The number of amides is 2. The van der Waals surface area contributed by atoms with Crippen molar-refractivity contribution in [3.05, 3.63) is 69.2 Å². The number of thiocarbonyl (C=S) groups is 1. The topological polar surface area (TPSA) is 113 Å². The van der Waals surface area contributed by atoms with E-state index in [-0.39, 0.29) is 16.7 Å². The number of anilines is 2. The van der Waals surface area contributed by atoms with Crippen LogP contribution in [0.15, 0.2) is 48.5 Å². The molecule has 0 aliphatic heterocycles. The number of benzene rings is 2. The molecule has 2 amide bonds. The van der Waals surface area contributed by atoms with Crippen molar-refractivity contribution in [2.75, 3.05) is 10.6 Å². The number of nitrogens with zero attached hydrogens (tertiary/aromatic N) is 1. The molecule has 0 saturated carbocycles. The summed E-state index contributed by atoms with van der Waals surface area (Å²) >= 11 is 11.3. The molecule has 0 atom stereocenters. The Hall–Kier alpha value is -3.30. The molecule has 2 aromatic carbocycles. The van der Waals surface area contributed by atoms with Crippen LogP contribution < -0.4 is 16.0 Å². The average Bonchev–Trinajstić information content (AvgIpc) is 2.69. The Morgan fingerprint density at radius 2 is 1.87 bits per heavy atom. The first-order valence-electron chi connectivity index (χ1n) is 8.92. The van der Waals surface area contributed by atoms with Gasteiger partial charge in [-0.3, -0.25) is 25.0 Å². The van der Waals surface area contributed by atoms with Gasteiger partial charge in [-0.15, -0.1) is 0 Å². The van der Waals surface area contributed by atoms with Gasteiger partial charge in [-0.25, -0.2) is 0 Å². The summed E-state index contributed by atoms with van der Waals surface area (Å²) in [5.41, 5.74) is 1.56. The second-order valence-corrected chi connectivity index (χ2v) is 6.93.